The largest absolute Gasteiger partial charge is 0.379 e. The number of allylic oxidation sites excluding steroid dienone is 1. The van der Waals surface area contributed by atoms with E-state index in [1.807, 2.05) is 6.92 Å². The molecule has 2 aliphatic heterocycles. The molecule has 0 saturated heterocycles. The van der Waals surface area contributed by atoms with Gasteiger partial charge in [0.2, 0.25) is 0 Å². The van der Waals surface area contributed by atoms with Gasteiger partial charge in [0, 0.05) is 30.9 Å². The monoisotopic (exact) mass is 392 g/mol. The van der Waals surface area contributed by atoms with E-state index in [4.69, 9.17) is 10.5 Å². The molecule has 2 aliphatic rings. The van der Waals surface area contributed by atoms with Crippen LogP contribution in [0.4, 0.5) is 10.1 Å². The SMILES string of the molecule is COC1CSC(N)=N[C@]1(C)c1cc(NC(=O)C2=NC=C(CF)NC2)ccn1. The molecule has 4 N–H and O–H groups in total. The lowest BCUT2D eigenvalue weighted by Gasteiger charge is -2.36. The van der Waals surface area contributed by atoms with Crippen LogP contribution in [0.15, 0.2) is 40.2 Å². The average molecular weight is 392 g/mol. The Balaban J connectivity index is 1.82. The van der Waals surface area contributed by atoms with Crippen LogP contribution in [0.1, 0.15) is 12.6 Å². The van der Waals surface area contributed by atoms with Crippen molar-refractivity contribution < 1.29 is 13.9 Å². The van der Waals surface area contributed by atoms with Crippen LogP contribution in [0.5, 0.6) is 0 Å². The standard InChI is InChI=1S/C17H21FN6O2S/c1-17(14(26-2)9-27-16(19)24-17)13-5-10(3-4-20-13)23-15(25)12-8-21-11(6-18)7-22-12/h3-5,7,14,21H,6,8-9H2,1-2H3,(H2,19,24)(H,20,23,25)/t14?,17-/m1/s1. The lowest BCUT2D eigenvalue weighted by molar-refractivity contribution is -0.110. The normalized spacial score (nSPS) is 25.0. The number of amidine groups is 1. The van der Waals surface area contributed by atoms with Crippen molar-refractivity contribution in [2.24, 2.45) is 15.7 Å². The number of carbonyl (C=O) groups is 1. The summed E-state index contributed by atoms with van der Waals surface area (Å²) in [5, 5.41) is 6.06. The summed E-state index contributed by atoms with van der Waals surface area (Å²) in [6.07, 6.45) is 2.71. The van der Waals surface area contributed by atoms with Crippen molar-refractivity contribution in [3.8, 4) is 0 Å². The molecule has 27 heavy (non-hydrogen) atoms. The van der Waals surface area contributed by atoms with E-state index in [2.05, 4.69) is 25.6 Å². The van der Waals surface area contributed by atoms with Crippen molar-refractivity contribution in [2.45, 2.75) is 18.6 Å². The van der Waals surface area contributed by atoms with E-state index in [-0.39, 0.29) is 24.3 Å². The molecule has 0 radical (unpaired) electrons. The molecule has 1 aromatic heterocycles. The minimum Gasteiger partial charge on any atom is -0.379 e. The maximum absolute atomic E-state index is 12.6. The second-order valence-electron chi connectivity index (χ2n) is 6.23. The molecular formula is C17H21FN6O2S. The number of nitrogens with one attached hydrogen (secondary N) is 2. The Hall–Kier alpha value is -2.46. The average Bonchev–Trinajstić information content (AvgIpc) is 2.68. The van der Waals surface area contributed by atoms with Crippen molar-refractivity contribution in [1.29, 1.82) is 0 Å². The van der Waals surface area contributed by atoms with Gasteiger partial charge in [0.15, 0.2) is 5.17 Å². The zero-order valence-electron chi connectivity index (χ0n) is 15.0. The Bertz CT molecular complexity index is 827. The maximum atomic E-state index is 12.6. The second-order valence-corrected chi connectivity index (χ2v) is 7.27. The van der Waals surface area contributed by atoms with Crippen LogP contribution in [0.25, 0.3) is 0 Å². The number of rotatable bonds is 5. The van der Waals surface area contributed by atoms with Gasteiger partial charge in [-0.25, -0.2) is 9.38 Å². The summed E-state index contributed by atoms with van der Waals surface area (Å²) in [6, 6.07) is 3.42. The molecule has 0 aliphatic carbocycles. The molecule has 10 heteroatoms. The molecule has 0 aromatic carbocycles. The maximum Gasteiger partial charge on any atom is 0.271 e. The van der Waals surface area contributed by atoms with Crippen LogP contribution < -0.4 is 16.4 Å². The first-order chi connectivity index (χ1) is 13.0. The molecule has 3 rings (SSSR count). The van der Waals surface area contributed by atoms with Gasteiger partial charge in [0.05, 0.1) is 24.0 Å². The van der Waals surface area contributed by atoms with Crippen molar-refractivity contribution >= 4 is 34.2 Å². The third-order valence-corrected chi connectivity index (χ3v) is 5.29. The molecule has 0 fully saturated rings. The zero-order valence-corrected chi connectivity index (χ0v) is 15.8. The predicted molar refractivity (Wildman–Crippen MR) is 105 cm³/mol. The van der Waals surface area contributed by atoms with Gasteiger partial charge < -0.3 is 21.1 Å². The summed E-state index contributed by atoms with van der Waals surface area (Å²) in [5.41, 5.74) is 6.96. The van der Waals surface area contributed by atoms with Gasteiger partial charge in [-0.3, -0.25) is 14.8 Å². The van der Waals surface area contributed by atoms with Crippen LogP contribution in [-0.4, -0.2) is 54.0 Å². The molecule has 2 atom stereocenters. The van der Waals surface area contributed by atoms with Crippen LogP contribution in [0.3, 0.4) is 0 Å². The molecule has 1 unspecified atom stereocenters. The number of pyridine rings is 1. The third kappa shape index (κ3) is 4.11. The Labute approximate surface area is 160 Å². The number of carbonyl (C=O) groups excluding carboxylic acids is 1. The van der Waals surface area contributed by atoms with Crippen LogP contribution in [0.2, 0.25) is 0 Å². The molecule has 8 nitrogen and oxygen atoms in total. The van der Waals surface area contributed by atoms with Crippen molar-refractivity contribution in [3.63, 3.8) is 0 Å². The molecule has 3 heterocycles. The number of hydrogen-bond acceptors (Lipinski definition) is 8. The molecule has 0 spiro atoms. The fraction of sp³-hybridized carbons (Fsp3) is 0.412. The second kappa shape index (κ2) is 8.05. The van der Waals surface area contributed by atoms with Gasteiger partial charge in [-0.1, -0.05) is 11.8 Å². The minimum absolute atomic E-state index is 0.168. The third-order valence-electron chi connectivity index (χ3n) is 4.44. The van der Waals surface area contributed by atoms with E-state index >= 15 is 0 Å². The molecule has 1 amide bonds. The Morgan fingerprint density at radius 2 is 2.41 bits per heavy atom. The first-order valence-electron chi connectivity index (χ1n) is 8.30. The number of amides is 1. The highest BCUT2D eigenvalue weighted by atomic mass is 32.2. The van der Waals surface area contributed by atoms with Crippen LogP contribution in [0, 0.1) is 0 Å². The van der Waals surface area contributed by atoms with Crippen molar-refractivity contribution in [1.82, 2.24) is 10.3 Å². The minimum atomic E-state index is -0.756. The van der Waals surface area contributed by atoms with E-state index < -0.39 is 12.2 Å². The highest BCUT2D eigenvalue weighted by Crippen LogP contribution is 2.36. The lowest BCUT2D eigenvalue weighted by atomic mass is 9.91. The topological polar surface area (TPSA) is 114 Å². The number of methoxy groups -OCH3 is 1. The quantitative estimate of drug-likeness (QED) is 0.693. The molecule has 0 saturated carbocycles. The van der Waals surface area contributed by atoms with Crippen molar-refractivity contribution in [3.05, 3.63) is 35.9 Å². The summed E-state index contributed by atoms with van der Waals surface area (Å²) in [6.45, 7) is 1.43. The van der Waals surface area contributed by atoms with Gasteiger partial charge >= 0.3 is 0 Å². The predicted octanol–water partition coefficient (Wildman–Crippen LogP) is 1.17. The van der Waals surface area contributed by atoms with Crippen LogP contribution >= 0.6 is 11.8 Å². The number of anilines is 1. The lowest BCUT2D eigenvalue weighted by Crippen LogP contribution is -2.44. The number of thioether (sulfide) groups is 1. The van der Waals surface area contributed by atoms with Crippen LogP contribution in [-0.2, 0) is 15.1 Å². The number of alkyl halides is 1. The number of ether oxygens (including phenoxy) is 1. The number of nitrogens with two attached hydrogens (primary N) is 1. The number of nitrogens with zero attached hydrogens (tertiary/aromatic N) is 3. The Morgan fingerprint density at radius 1 is 1.59 bits per heavy atom. The fourth-order valence-electron chi connectivity index (χ4n) is 2.83. The number of hydrogen-bond donors (Lipinski definition) is 3. The highest BCUT2D eigenvalue weighted by Gasteiger charge is 2.41. The summed E-state index contributed by atoms with van der Waals surface area (Å²) in [7, 11) is 1.62. The highest BCUT2D eigenvalue weighted by molar-refractivity contribution is 8.13. The van der Waals surface area contributed by atoms with E-state index in [0.29, 0.717) is 28.0 Å². The summed E-state index contributed by atoms with van der Waals surface area (Å²) in [5.74, 6) is 0.288. The fourth-order valence-corrected chi connectivity index (χ4v) is 3.87. The first-order valence-corrected chi connectivity index (χ1v) is 9.29. The first kappa shape index (κ1) is 19.3. The number of halogens is 1. The smallest absolute Gasteiger partial charge is 0.271 e. The molecule has 144 valence electrons. The van der Waals surface area contributed by atoms with E-state index in [1.54, 1.807) is 25.4 Å². The summed E-state index contributed by atoms with van der Waals surface area (Å²) < 4.78 is 18.1. The van der Waals surface area contributed by atoms with Gasteiger partial charge in [-0.2, -0.15) is 0 Å². The Morgan fingerprint density at radius 3 is 3.07 bits per heavy atom. The van der Waals surface area contributed by atoms with Crippen molar-refractivity contribution in [2.75, 3.05) is 31.4 Å². The van der Waals surface area contributed by atoms with Gasteiger partial charge in [0.1, 0.15) is 17.9 Å². The molecular weight excluding hydrogens is 371 g/mol. The Kier molecular flexibility index (Phi) is 5.76. The van der Waals surface area contributed by atoms with E-state index in [1.165, 1.54) is 18.0 Å². The molecule has 0 bridgehead atoms. The van der Waals surface area contributed by atoms with Gasteiger partial charge in [-0.05, 0) is 19.1 Å². The number of aliphatic imine (C=N–C) groups is 2. The van der Waals surface area contributed by atoms with Gasteiger partial charge in [-0.15, -0.1) is 0 Å². The molecule has 1 aromatic rings. The van der Waals surface area contributed by atoms with E-state index in [9.17, 15) is 9.18 Å². The van der Waals surface area contributed by atoms with Gasteiger partial charge in [0.25, 0.3) is 5.91 Å². The number of aromatic nitrogens is 1. The zero-order chi connectivity index (χ0) is 19.4. The summed E-state index contributed by atoms with van der Waals surface area (Å²) in [4.78, 5) is 25.4. The summed E-state index contributed by atoms with van der Waals surface area (Å²) >= 11 is 1.43. The van der Waals surface area contributed by atoms with E-state index in [0.717, 1.165) is 0 Å².